The zero-order chi connectivity index (χ0) is 13.2. The van der Waals surface area contributed by atoms with Gasteiger partial charge in [0, 0.05) is 11.5 Å². The summed E-state index contributed by atoms with van der Waals surface area (Å²) in [6, 6.07) is 6.58. The van der Waals surface area contributed by atoms with Crippen molar-refractivity contribution in [3.63, 3.8) is 0 Å². The molecule has 5 heteroatoms. The van der Waals surface area contributed by atoms with Gasteiger partial charge in [0.2, 0.25) is 11.7 Å². The lowest BCUT2D eigenvalue weighted by Gasteiger charge is -1.99. The van der Waals surface area contributed by atoms with Crippen LogP contribution in [0.25, 0.3) is 11.4 Å². The molecule has 0 saturated heterocycles. The van der Waals surface area contributed by atoms with E-state index in [1.165, 1.54) is 12.8 Å². The molecule has 3 rings (SSSR count). The highest BCUT2D eigenvalue weighted by Crippen LogP contribution is 2.33. The Kier molecular flexibility index (Phi) is 3.03. The van der Waals surface area contributed by atoms with Crippen LogP contribution in [0.3, 0.4) is 0 Å². The van der Waals surface area contributed by atoms with E-state index in [-0.39, 0.29) is 5.56 Å². The number of carbonyl (C=O) groups is 1. The SMILES string of the molecule is O=C(O)c1cccc(-c2noc(C3CCCC3)n2)c1. The van der Waals surface area contributed by atoms with Crippen molar-refractivity contribution >= 4 is 5.97 Å². The van der Waals surface area contributed by atoms with Gasteiger partial charge in [-0.25, -0.2) is 4.79 Å². The molecule has 0 aliphatic heterocycles. The minimum Gasteiger partial charge on any atom is -0.478 e. The van der Waals surface area contributed by atoms with Gasteiger partial charge >= 0.3 is 5.97 Å². The number of carboxylic acids is 1. The number of aromatic nitrogens is 2. The molecule has 0 atom stereocenters. The molecule has 0 bridgehead atoms. The summed E-state index contributed by atoms with van der Waals surface area (Å²) in [5.41, 5.74) is 0.901. The summed E-state index contributed by atoms with van der Waals surface area (Å²) in [7, 11) is 0. The van der Waals surface area contributed by atoms with Crippen molar-refractivity contribution in [2.24, 2.45) is 0 Å². The third-order valence-corrected chi connectivity index (χ3v) is 3.51. The Hall–Kier alpha value is -2.17. The Labute approximate surface area is 110 Å². The highest BCUT2D eigenvalue weighted by Gasteiger charge is 2.23. The van der Waals surface area contributed by atoms with Gasteiger partial charge in [-0.2, -0.15) is 4.98 Å². The number of aromatic carboxylic acids is 1. The van der Waals surface area contributed by atoms with Crippen LogP contribution in [0.4, 0.5) is 0 Å². The van der Waals surface area contributed by atoms with E-state index in [1.54, 1.807) is 24.3 Å². The first-order valence-electron chi connectivity index (χ1n) is 6.41. The predicted molar refractivity (Wildman–Crippen MR) is 67.9 cm³/mol. The third kappa shape index (κ3) is 2.36. The number of rotatable bonds is 3. The quantitative estimate of drug-likeness (QED) is 0.915. The van der Waals surface area contributed by atoms with Gasteiger partial charge in [0.15, 0.2) is 0 Å². The number of carboxylic acid groups (broad SMARTS) is 1. The molecule has 98 valence electrons. The van der Waals surface area contributed by atoms with Gasteiger partial charge in [-0.15, -0.1) is 0 Å². The summed E-state index contributed by atoms with van der Waals surface area (Å²) in [5, 5.41) is 12.9. The molecule has 2 aromatic rings. The summed E-state index contributed by atoms with van der Waals surface area (Å²) in [5.74, 6) is 0.545. The summed E-state index contributed by atoms with van der Waals surface area (Å²) >= 11 is 0. The fraction of sp³-hybridized carbons (Fsp3) is 0.357. The van der Waals surface area contributed by atoms with Crippen molar-refractivity contribution in [2.75, 3.05) is 0 Å². The largest absolute Gasteiger partial charge is 0.478 e. The summed E-state index contributed by atoms with van der Waals surface area (Å²) in [4.78, 5) is 15.3. The van der Waals surface area contributed by atoms with Crippen LogP contribution < -0.4 is 0 Å². The van der Waals surface area contributed by atoms with E-state index in [4.69, 9.17) is 9.63 Å². The van der Waals surface area contributed by atoms with Crippen molar-refractivity contribution in [1.82, 2.24) is 10.1 Å². The Morgan fingerprint density at radius 2 is 2.11 bits per heavy atom. The fourth-order valence-corrected chi connectivity index (χ4v) is 2.48. The minimum atomic E-state index is -0.957. The van der Waals surface area contributed by atoms with E-state index < -0.39 is 5.97 Å². The Morgan fingerprint density at radius 3 is 2.84 bits per heavy atom. The molecule has 1 N–H and O–H groups in total. The second-order valence-corrected chi connectivity index (χ2v) is 4.82. The van der Waals surface area contributed by atoms with Crippen molar-refractivity contribution in [3.05, 3.63) is 35.7 Å². The molecule has 1 aromatic heterocycles. The third-order valence-electron chi connectivity index (χ3n) is 3.51. The van der Waals surface area contributed by atoms with Crippen LogP contribution in [-0.2, 0) is 0 Å². The molecule has 0 amide bonds. The van der Waals surface area contributed by atoms with Crippen LogP contribution in [0.1, 0.15) is 47.8 Å². The van der Waals surface area contributed by atoms with E-state index in [2.05, 4.69) is 10.1 Å². The molecular formula is C14H14N2O3. The van der Waals surface area contributed by atoms with Crippen molar-refractivity contribution in [3.8, 4) is 11.4 Å². The van der Waals surface area contributed by atoms with Crippen LogP contribution in [0.15, 0.2) is 28.8 Å². The van der Waals surface area contributed by atoms with Gasteiger partial charge in [-0.05, 0) is 25.0 Å². The van der Waals surface area contributed by atoms with E-state index in [0.29, 0.717) is 23.2 Å². The fourth-order valence-electron chi connectivity index (χ4n) is 2.48. The normalized spacial score (nSPS) is 15.8. The van der Waals surface area contributed by atoms with Crippen LogP contribution in [0, 0.1) is 0 Å². The standard InChI is InChI=1S/C14H14N2O3/c17-14(18)11-7-3-6-10(8-11)12-15-13(19-16-12)9-4-1-2-5-9/h3,6-9H,1-2,4-5H2,(H,17,18). The van der Waals surface area contributed by atoms with E-state index in [9.17, 15) is 4.79 Å². The first-order valence-corrected chi connectivity index (χ1v) is 6.41. The molecule has 0 spiro atoms. The van der Waals surface area contributed by atoms with Crippen molar-refractivity contribution in [2.45, 2.75) is 31.6 Å². The zero-order valence-corrected chi connectivity index (χ0v) is 10.4. The average molecular weight is 258 g/mol. The van der Waals surface area contributed by atoms with E-state index in [1.807, 2.05) is 0 Å². The molecule has 1 aliphatic rings. The highest BCUT2D eigenvalue weighted by atomic mass is 16.5. The summed E-state index contributed by atoms with van der Waals surface area (Å²) in [6.07, 6.45) is 4.60. The molecule has 1 heterocycles. The van der Waals surface area contributed by atoms with Crippen LogP contribution in [0.5, 0.6) is 0 Å². The van der Waals surface area contributed by atoms with Gasteiger partial charge in [0.1, 0.15) is 0 Å². The number of hydrogen-bond acceptors (Lipinski definition) is 4. The van der Waals surface area contributed by atoms with Gasteiger partial charge in [0.05, 0.1) is 5.56 Å². The second kappa shape index (κ2) is 4.84. The van der Waals surface area contributed by atoms with Gasteiger partial charge in [0.25, 0.3) is 0 Å². The van der Waals surface area contributed by atoms with Gasteiger partial charge < -0.3 is 9.63 Å². The van der Waals surface area contributed by atoms with Crippen molar-refractivity contribution in [1.29, 1.82) is 0 Å². The van der Waals surface area contributed by atoms with E-state index in [0.717, 1.165) is 12.8 Å². The number of hydrogen-bond donors (Lipinski definition) is 1. The molecule has 1 saturated carbocycles. The molecule has 1 fully saturated rings. The molecule has 19 heavy (non-hydrogen) atoms. The molecule has 1 aliphatic carbocycles. The maximum atomic E-state index is 10.9. The second-order valence-electron chi connectivity index (χ2n) is 4.82. The average Bonchev–Trinajstić information content (AvgIpc) is 3.09. The monoisotopic (exact) mass is 258 g/mol. The molecule has 0 unspecified atom stereocenters. The molecule has 1 aromatic carbocycles. The van der Waals surface area contributed by atoms with Gasteiger partial charge in [-0.3, -0.25) is 0 Å². The number of nitrogens with zero attached hydrogens (tertiary/aromatic N) is 2. The Morgan fingerprint density at radius 1 is 1.32 bits per heavy atom. The van der Waals surface area contributed by atoms with Gasteiger partial charge in [-0.1, -0.05) is 30.1 Å². The molecule has 5 nitrogen and oxygen atoms in total. The van der Waals surface area contributed by atoms with E-state index >= 15 is 0 Å². The van der Waals surface area contributed by atoms with Crippen LogP contribution >= 0.6 is 0 Å². The topological polar surface area (TPSA) is 76.2 Å². The van der Waals surface area contributed by atoms with Crippen molar-refractivity contribution < 1.29 is 14.4 Å². The smallest absolute Gasteiger partial charge is 0.335 e. The lowest BCUT2D eigenvalue weighted by Crippen LogP contribution is -1.96. The first kappa shape index (κ1) is 11.9. The summed E-state index contributed by atoms with van der Waals surface area (Å²) < 4.78 is 5.29. The Bertz CT molecular complexity index is 600. The first-order chi connectivity index (χ1) is 9.24. The zero-order valence-electron chi connectivity index (χ0n) is 10.4. The van der Waals surface area contributed by atoms with Crippen LogP contribution in [0.2, 0.25) is 0 Å². The maximum Gasteiger partial charge on any atom is 0.335 e. The maximum absolute atomic E-state index is 10.9. The van der Waals surface area contributed by atoms with Crippen LogP contribution in [-0.4, -0.2) is 21.2 Å². The Balaban J connectivity index is 1.89. The highest BCUT2D eigenvalue weighted by molar-refractivity contribution is 5.89. The molecular weight excluding hydrogens is 244 g/mol. The minimum absolute atomic E-state index is 0.227. The summed E-state index contributed by atoms with van der Waals surface area (Å²) in [6.45, 7) is 0. The lowest BCUT2D eigenvalue weighted by molar-refractivity contribution is 0.0697. The predicted octanol–water partition coefficient (Wildman–Crippen LogP) is 3.09. The lowest BCUT2D eigenvalue weighted by atomic mass is 10.1. The molecule has 0 radical (unpaired) electrons. The number of benzene rings is 1.